The highest BCUT2D eigenvalue weighted by atomic mass is 32.7. The lowest BCUT2D eigenvalue weighted by atomic mass is 10.1. The number of nitrogen functional groups attached to an aromatic ring is 1. The number of rotatable bonds is 11. The van der Waals surface area contributed by atoms with E-state index in [0.717, 1.165) is 0 Å². The third kappa shape index (κ3) is 10.7. The number of fused-ring (bicyclic) bond motifs is 4. The molecule has 4 aliphatic heterocycles. The average Bonchev–Trinajstić information content (AvgIpc) is 3.85. The number of hydrogen-bond donors (Lipinski definition) is 2. The fraction of sp³-hybridized carbons (Fsp3) is 0.667. The van der Waals surface area contributed by atoms with Crippen LogP contribution in [0.25, 0.3) is 11.2 Å². The molecule has 0 aromatic carbocycles. The van der Waals surface area contributed by atoms with Crippen molar-refractivity contribution in [3.63, 3.8) is 0 Å². The highest BCUT2D eigenvalue weighted by Crippen LogP contribution is 2.64. The van der Waals surface area contributed by atoms with Crippen LogP contribution in [0.15, 0.2) is 24.9 Å². The zero-order chi connectivity index (χ0) is 40.9. The Morgan fingerprint density at radius 3 is 2.46 bits per heavy atom. The van der Waals surface area contributed by atoms with E-state index in [2.05, 4.69) is 20.3 Å². The van der Waals surface area contributed by atoms with E-state index in [1.165, 1.54) is 36.6 Å². The molecule has 2 aromatic rings. The van der Waals surface area contributed by atoms with Crippen molar-refractivity contribution in [2.45, 2.75) is 89.3 Å². The first kappa shape index (κ1) is 43.0. The number of anilines is 1. The molecule has 57 heavy (non-hydrogen) atoms. The van der Waals surface area contributed by atoms with Gasteiger partial charge in [0, 0.05) is 37.2 Å². The summed E-state index contributed by atoms with van der Waals surface area (Å²) in [6, 6.07) is 0. The number of hydrogen-bond acceptors (Lipinski definition) is 23. The number of ether oxygens (including phenoxy) is 7. The lowest BCUT2D eigenvalue weighted by Crippen LogP contribution is -2.47. The van der Waals surface area contributed by atoms with Crippen LogP contribution in [0.2, 0.25) is 0 Å². The molecule has 27 heteroatoms. The Kier molecular flexibility index (Phi) is 14.0. The summed E-state index contributed by atoms with van der Waals surface area (Å²) in [5.74, 6) is -0.800. The van der Waals surface area contributed by atoms with Crippen LogP contribution in [-0.4, -0.2) is 131 Å². The average molecular weight is 868 g/mol. The molecular formula is C30H43N7O17P2S. The molecule has 0 radical (unpaired) electrons. The van der Waals surface area contributed by atoms with Gasteiger partial charge in [-0.15, -0.1) is 0 Å². The number of phosphoric acid groups is 1. The normalized spacial score (nSPS) is 31.9. The standard InChI is InChI=1S/C30H43N7O17P2S/c1-16(2)49-29(39)44-14-48-55(41)46-10-20-23(24(43-5)28(52-20)37-13-35-22-25(31)32-11-33-26(22)37)54-56(42,57-15-45-30(40)50-17(3)4)47-9-18-8-19(53-55)27(51-18)36-7-6-21(38)34-12-36/h6-7,11,13,16-20,23-24,27-28H,8-10,12,14-15H2,1-5H3,(H,34,38)(H2,31,32,33)/t18-,19+,20+,23+,24+,27+,28+,55?,56?/m0/s1. The predicted octanol–water partition coefficient (Wildman–Crippen LogP) is 3.16. The molecular weight excluding hydrogens is 824 g/mol. The summed E-state index contributed by atoms with van der Waals surface area (Å²) in [5, 5.41) is 2.64. The number of nitrogens with two attached hydrogens (primary N) is 1. The van der Waals surface area contributed by atoms with Crippen LogP contribution in [-0.2, 0) is 69.7 Å². The molecule has 3 fully saturated rings. The number of nitrogens with zero attached hydrogens (tertiary/aromatic N) is 5. The zero-order valence-electron chi connectivity index (χ0n) is 31.3. The lowest BCUT2D eigenvalue weighted by molar-refractivity contribution is -0.122. The Labute approximate surface area is 329 Å². The first-order valence-electron chi connectivity index (χ1n) is 17.5. The van der Waals surface area contributed by atoms with Gasteiger partial charge in [0.25, 0.3) is 0 Å². The van der Waals surface area contributed by atoms with Gasteiger partial charge in [0.1, 0.15) is 36.3 Å². The highest BCUT2D eigenvalue weighted by molar-refractivity contribution is 8.55. The van der Waals surface area contributed by atoms with Crippen molar-refractivity contribution >= 4 is 61.2 Å². The molecule has 3 saturated heterocycles. The molecule has 6 rings (SSSR count). The first-order valence-corrected chi connectivity index (χ1v) is 22.1. The van der Waals surface area contributed by atoms with Gasteiger partial charge in [0.05, 0.1) is 44.5 Å². The second kappa shape index (κ2) is 18.5. The van der Waals surface area contributed by atoms with Gasteiger partial charge in [0.2, 0.25) is 12.7 Å². The van der Waals surface area contributed by atoms with E-state index in [4.69, 9.17) is 61.5 Å². The van der Waals surface area contributed by atoms with Crippen LogP contribution < -0.4 is 11.1 Å². The van der Waals surface area contributed by atoms with Gasteiger partial charge < -0.3 is 49.1 Å². The summed E-state index contributed by atoms with van der Waals surface area (Å²) < 4.78 is 98.8. The Bertz CT molecular complexity index is 1890. The van der Waals surface area contributed by atoms with Crippen LogP contribution >= 0.6 is 26.0 Å². The molecule has 9 atom stereocenters. The molecule has 6 heterocycles. The van der Waals surface area contributed by atoms with Gasteiger partial charge in [-0.05, 0) is 27.7 Å². The van der Waals surface area contributed by atoms with Crippen molar-refractivity contribution in [2.75, 3.05) is 45.5 Å². The van der Waals surface area contributed by atoms with Crippen molar-refractivity contribution in [3.8, 4) is 0 Å². The summed E-state index contributed by atoms with van der Waals surface area (Å²) in [6.07, 6.45) is -5.77. The van der Waals surface area contributed by atoms with E-state index in [9.17, 15) is 23.5 Å². The van der Waals surface area contributed by atoms with E-state index in [1.54, 1.807) is 32.6 Å². The minimum absolute atomic E-state index is 0.0260. The maximum absolute atomic E-state index is 14.7. The summed E-state index contributed by atoms with van der Waals surface area (Å²) in [6.45, 7) is 0.0897. The fourth-order valence-corrected chi connectivity index (χ4v) is 9.95. The first-order chi connectivity index (χ1) is 27.2. The highest BCUT2D eigenvalue weighted by Gasteiger charge is 2.53. The molecule has 4 aliphatic rings. The second-order valence-electron chi connectivity index (χ2n) is 13.1. The van der Waals surface area contributed by atoms with E-state index in [0.29, 0.717) is 11.4 Å². The smallest absolute Gasteiger partial charge is 0.432 e. The van der Waals surface area contributed by atoms with Gasteiger partial charge in [-0.3, -0.25) is 27.5 Å². The number of nitrogens with one attached hydrogen (secondary N) is 1. The summed E-state index contributed by atoms with van der Waals surface area (Å²) in [4.78, 5) is 50.3. The van der Waals surface area contributed by atoms with Gasteiger partial charge >= 0.3 is 26.9 Å². The number of carbonyl (C=O) groups is 3. The zero-order valence-corrected chi connectivity index (χ0v) is 33.9. The largest absolute Gasteiger partial charge is 0.510 e. The van der Waals surface area contributed by atoms with E-state index in [-0.39, 0.29) is 36.0 Å². The summed E-state index contributed by atoms with van der Waals surface area (Å²) in [5.41, 5.74) is 6.53. The number of amides is 1. The van der Waals surface area contributed by atoms with Crippen molar-refractivity contribution in [2.24, 2.45) is 0 Å². The Hall–Kier alpha value is -3.61. The van der Waals surface area contributed by atoms with Crippen LogP contribution in [0.1, 0.15) is 40.3 Å². The van der Waals surface area contributed by atoms with Crippen LogP contribution in [0.5, 0.6) is 0 Å². The molecule has 0 aliphatic carbocycles. The lowest BCUT2D eigenvalue weighted by Gasteiger charge is -2.34. The summed E-state index contributed by atoms with van der Waals surface area (Å²) in [7, 11) is -3.42. The van der Waals surface area contributed by atoms with Crippen molar-refractivity contribution in [1.82, 2.24) is 29.7 Å². The Morgan fingerprint density at radius 1 is 1.00 bits per heavy atom. The third-order valence-electron chi connectivity index (χ3n) is 8.31. The molecule has 1 amide bonds. The van der Waals surface area contributed by atoms with Crippen LogP contribution in [0.3, 0.4) is 0 Å². The minimum Gasteiger partial charge on any atom is -0.432 e. The minimum atomic E-state index is -4.76. The maximum Gasteiger partial charge on any atom is 0.510 e. The summed E-state index contributed by atoms with van der Waals surface area (Å²) >= 11 is 0.533. The van der Waals surface area contributed by atoms with Gasteiger partial charge in [-0.2, -0.15) is 0 Å². The molecule has 2 aromatic heterocycles. The monoisotopic (exact) mass is 867 g/mol. The molecule has 316 valence electrons. The number of carbonyl (C=O) groups excluding carboxylic acids is 3. The molecule has 24 nitrogen and oxygen atoms in total. The molecule has 0 spiro atoms. The number of methoxy groups -OCH3 is 1. The van der Waals surface area contributed by atoms with Crippen molar-refractivity contribution in [3.05, 3.63) is 24.9 Å². The Morgan fingerprint density at radius 2 is 1.75 bits per heavy atom. The second-order valence-corrected chi connectivity index (χ2v) is 18.7. The third-order valence-corrected chi connectivity index (χ3v) is 13.1. The van der Waals surface area contributed by atoms with Gasteiger partial charge in [0.15, 0.2) is 29.9 Å². The number of aromatic nitrogens is 4. The van der Waals surface area contributed by atoms with Crippen molar-refractivity contribution < 1.29 is 79.3 Å². The van der Waals surface area contributed by atoms with Gasteiger partial charge in [-0.25, -0.2) is 38.2 Å². The number of imidazole rings is 1. The number of phosphoric ester groups is 1. The Balaban J connectivity index is 1.33. The molecule has 0 saturated carbocycles. The SMILES string of the molecule is CO[C@@H]1[C@@H]2OP(=O)(SCOC(=O)OC(C)C)OC[C@@H]3C[C@@H](OP(=O)(OCOC(=O)OC(C)C)OC[C@H]2O[C@H]1n1cnc2c(N)ncnc21)[C@H](N1C=CC(=O)NC1)O3. The fourth-order valence-electron chi connectivity index (χ4n) is 5.91. The molecule has 2 unspecified atom stereocenters. The van der Waals surface area contributed by atoms with Gasteiger partial charge in [-0.1, -0.05) is 0 Å². The van der Waals surface area contributed by atoms with E-state index in [1.807, 2.05) is 0 Å². The van der Waals surface area contributed by atoms with E-state index < -0.39 is 108 Å². The van der Waals surface area contributed by atoms with Crippen LogP contribution in [0, 0.1) is 0 Å². The van der Waals surface area contributed by atoms with Crippen molar-refractivity contribution in [1.29, 1.82) is 0 Å². The van der Waals surface area contributed by atoms with E-state index >= 15 is 0 Å². The quantitative estimate of drug-likeness (QED) is 0.186. The molecule has 2 bridgehead atoms. The predicted molar refractivity (Wildman–Crippen MR) is 192 cm³/mol. The topological polar surface area (TPSA) is 281 Å². The van der Waals surface area contributed by atoms with Crippen LogP contribution in [0.4, 0.5) is 15.4 Å². The molecule has 3 N–H and O–H groups in total. The maximum atomic E-state index is 14.7.